The molecule has 1 amide bonds. The highest BCUT2D eigenvalue weighted by Gasteiger charge is 2.23. The van der Waals surface area contributed by atoms with Crippen LogP contribution in [0, 0.1) is 6.92 Å². The highest BCUT2D eigenvalue weighted by molar-refractivity contribution is 5.87. The van der Waals surface area contributed by atoms with Crippen LogP contribution >= 0.6 is 0 Å². The topological polar surface area (TPSA) is 83.6 Å². The van der Waals surface area contributed by atoms with Crippen molar-refractivity contribution < 1.29 is 15.0 Å². The molecule has 4 heteroatoms. The Balaban J connectivity index is 2.48. The summed E-state index contributed by atoms with van der Waals surface area (Å²) in [7, 11) is 0. The van der Waals surface area contributed by atoms with Crippen molar-refractivity contribution in [2.75, 3.05) is 0 Å². The van der Waals surface area contributed by atoms with Gasteiger partial charge in [-0.3, -0.25) is 4.79 Å². The van der Waals surface area contributed by atoms with Crippen molar-refractivity contribution in [3.8, 4) is 0 Å². The Hall–Kier alpha value is -1.91. The quantitative estimate of drug-likeness (QED) is 0.776. The van der Waals surface area contributed by atoms with Crippen LogP contribution in [-0.2, 0) is 4.79 Å². The summed E-state index contributed by atoms with van der Waals surface area (Å²) in [5, 5.41) is 22.0. The second-order valence-electron chi connectivity index (χ2n) is 4.70. The van der Waals surface area contributed by atoms with Gasteiger partial charge in [-0.15, -0.1) is 0 Å². The summed E-state index contributed by atoms with van der Waals surface area (Å²) in [6.07, 6.45) is -2.58. The van der Waals surface area contributed by atoms with E-state index in [4.69, 9.17) is 5.73 Å². The van der Waals surface area contributed by atoms with E-state index in [-0.39, 0.29) is 6.42 Å². The monoisotopic (exact) mass is 259 g/mol. The zero-order valence-corrected chi connectivity index (χ0v) is 10.7. The maximum atomic E-state index is 10.8. The van der Waals surface area contributed by atoms with Crippen LogP contribution in [0.1, 0.15) is 23.7 Å². The lowest BCUT2D eigenvalue weighted by atomic mass is 9.92. The van der Waals surface area contributed by atoms with Gasteiger partial charge in [0.1, 0.15) is 6.10 Å². The lowest BCUT2D eigenvalue weighted by molar-refractivity contribution is -0.121. The molecule has 0 aliphatic carbocycles. The summed E-state index contributed by atoms with van der Waals surface area (Å²) in [6, 6.07) is 11.5. The van der Waals surface area contributed by atoms with Crippen LogP contribution in [0.15, 0.2) is 36.4 Å². The SMILES string of the molecule is Cc1ccc2ccccc2c1C(O)C(O)CC(N)=O. The third kappa shape index (κ3) is 2.75. The van der Waals surface area contributed by atoms with Crippen molar-refractivity contribution in [1.82, 2.24) is 0 Å². The first-order valence-electron chi connectivity index (χ1n) is 6.13. The molecule has 0 heterocycles. The molecule has 0 saturated heterocycles. The minimum Gasteiger partial charge on any atom is -0.390 e. The van der Waals surface area contributed by atoms with Crippen molar-refractivity contribution in [2.45, 2.75) is 25.6 Å². The van der Waals surface area contributed by atoms with E-state index in [9.17, 15) is 15.0 Å². The maximum absolute atomic E-state index is 10.8. The number of aliphatic hydroxyl groups excluding tert-OH is 2. The third-order valence-electron chi connectivity index (χ3n) is 3.26. The Morgan fingerprint density at radius 3 is 2.58 bits per heavy atom. The van der Waals surface area contributed by atoms with E-state index in [1.54, 1.807) is 0 Å². The maximum Gasteiger partial charge on any atom is 0.220 e. The zero-order chi connectivity index (χ0) is 14.0. The molecule has 100 valence electrons. The summed E-state index contributed by atoms with van der Waals surface area (Å²) < 4.78 is 0. The molecule has 0 fully saturated rings. The number of aryl methyl sites for hydroxylation is 1. The molecule has 0 aromatic heterocycles. The van der Waals surface area contributed by atoms with Crippen LogP contribution in [0.3, 0.4) is 0 Å². The number of rotatable bonds is 4. The Morgan fingerprint density at radius 1 is 1.21 bits per heavy atom. The van der Waals surface area contributed by atoms with Gasteiger partial charge in [0.2, 0.25) is 5.91 Å². The van der Waals surface area contributed by atoms with Crippen LogP contribution in [0.25, 0.3) is 10.8 Å². The number of carbonyl (C=O) groups is 1. The van der Waals surface area contributed by atoms with Gasteiger partial charge in [-0.1, -0.05) is 36.4 Å². The lowest BCUT2D eigenvalue weighted by Gasteiger charge is -2.20. The number of nitrogens with two attached hydrogens (primary N) is 1. The molecule has 2 aromatic rings. The predicted molar refractivity (Wildman–Crippen MR) is 73.5 cm³/mol. The van der Waals surface area contributed by atoms with Gasteiger partial charge in [0.15, 0.2) is 0 Å². The zero-order valence-electron chi connectivity index (χ0n) is 10.7. The van der Waals surface area contributed by atoms with E-state index in [1.807, 2.05) is 43.3 Å². The molecule has 2 unspecified atom stereocenters. The molecule has 2 atom stereocenters. The number of amides is 1. The van der Waals surface area contributed by atoms with E-state index in [0.29, 0.717) is 5.56 Å². The Bertz CT molecular complexity index is 609. The van der Waals surface area contributed by atoms with E-state index in [0.717, 1.165) is 16.3 Å². The summed E-state index contributed by atoms with van der Waals surface area (Å²) in [5.74, 6) is -0.635. The van der Waals surface area contributed by atoms with Crippen LogP contribution in [0.4, 0.5) is 0 Å². The van der Waals surface area contributed by atoms with E-state index < -0.39 is 18.1 Å². The van der Waals surface area contributed by atoms with Crippen molar-refractivity contribution in [2.24, 2.45) is 5.73 Å². The fraction of sp³-hybridized carbons (Fsp3) is 0.267. The molecule has 0 bridgehead atoms. The van der Waals surface area contributed by atoms with Crippen molar-refractivity contribution in [3.05, 3.63) is 47.5 Å². The minimum absolute atomic E-state index is 0.260. The first-order valence-corrected chi connectivity index (χ1v) is 6.13. The van der Waals surface area contributed by atoms with Gasteiger partial charge in [-0.2, -0.15) is 0 Å². The third-order valence-corrected chi connectivity index (χ3v) is 3.26. The second-order valence-corrected chi connectivity index (χ2v) is 4.70. The van der Waals surface area contributed by atoms with E-state index in [1.165, 1.54) is 0 Å². The number of hydrogen-bond donors (Lipinski definition) is 3. The molecule has 2 rings (SSSR count). The van der Waals surface area contributed by atoms with Gasteiger partial charge in [0, 0.05) is 0 Å². The molecule has 19 heavy (non-hydrogen) atoms. The van der Waals surface area contributed by atoms with Gasteiger partial charge in [-0.05, 0) is 28.8 Å². The average Bonchev–Trinajstić information content (AvgIpc) is 2.37. The molecule has 2 aromatic carbocycles. The van der Waals surface area contributed by atoms with Crippen LogP contribution in [-0.4, -0.2) is 22.2 Å². The van der Waals surface area contributed by atoms with Crippen molar-refractivity contribution in [1.29, 1.82) is 0 Å². The van der Waals surface area contributed by atoms with Gasteiger partial charge < -0.3 is 15.9 Å². The van der Waals surface area contributed by atoms with Crippen LogP contribution < -0.4 is 5.73 Å². The van der Waals surface area contributed by atoms with Crippen molar-refractivity contribution >= 4 is 16.7 Å². The van der Waals surface area contributed by atoms with Crippen LogP contribution in [0.5, 0.6) is 0 Å². The number of hydrogen-bond acceptors (Lipinski definition) is 3. The summed E-state index contributed by atoms with van der Waals surface area (Å²) in [4.78, 5) is 10.8. The highest BCUT2D eigenvalue weighted by Crippen LogP contribution is 2.30. The first kappa shape index (κ1) is 13.5. The number of primary amides is 1. The van der Waals surface area contributed by atoms with E-state index in [2.05, 4.69) is 0 Å². The molecular formula is C15H17NO3. The standard InChI is InChI=1S/C15H17NO3/c1-9-6-7-10-4-2-3-5-11(10)14(9)15(19)12(17)8-13(16)18/h2-7,12,15,17,19H,8H2,1H3,(H2,16,18). The smallest absolute Gasteiger partial charge is 0.220 e. The fourth-order valence-corrected chi connectivity index (χ4v) is 2.31. The minimum atomic E-state index is -1.19. The molecule has 4 nitrogen and oxygen atoms in total. The molecular weight excluding hydrogens is 242 g/mol. The molecule has 0 radical (unpaired) electrons. The average molecular weight is 259 g/mol. The predicted octanol–water partition coefficient (Wildman–Crippen LogP) is 1.42. The number of benzene rings is 2. The summed E-state index contributed by atoms with van der Waals surface area (Å²) >= 11 is 0. The van der Waals surface area contributed by atoms with Gasteiger partial charge >= 0.3 is 0 Å². The van der Waals surface area contributed by atoms with Gasteiger partial charge in [-0.25, -0.2) is 0 Å². The Morgan fingerprint density at radius 2 is 1.89 bits per heavy atom. The normalized spacial score (nSPS) is 14.3. The molecule has 0 spiro atoms. The fourth-order valence-electron chi connectivity index (χ4n) is 2.31. The first-order chi connectivity index (χ1) is 9.00. The molecule has 0 saturated carbocycles. The highest BCUT2D eigenvalue weighted by atomic mass is 16.3. The largest absolute Gasteiger partial charge is 0.390 e. The number of carbonyl (C=O) groups excluding carboxylic acids is 1. The second kappa shape index (κ2) is 5.38. The molecule has 4 N–H and O–H groups in total. The number of fused-ring (bicyclic) bond motifs is 1. The van der Waals surface area contributed by atoms with Gasteiger partial charge in [0.25, 0.3) is 0 Å². The number of aliphatic hydroxyl groups is 2. The van der Waals surface area contributed by atoms with Crippen LogP contribution in [0.2, 0.25) is 0 Å². The van der Waals surface area contributed by atoms with E-state index >= 15 is 0 Å². The van der Waals surface area contributed by atoms with Crippen molar-refractivity contribution in [3.63, 3.8) is 0 Å². The molecule has 0 aliphatic heterocycles. The summed E-state index contributed by atoms with van der Waals surface area (Å²) in [6.45, 7) is 1.86. The Kier molecular flexibility index (Phi) is 3.83. The van der Waals surface area contributed by atoms with Gasteiger partial charge in [0.05, 0.1) is 12.5 Å². The lowest BCUT2D eigenvalue weighted by Crippen LogP contribution is -2.26. The summed E-state index contributed by atoms with van der Waals surface area (Å²) in [5.41, 5.74) is 6.57. The molecule has 0 aliphatic rings. The Labute approximate surface area is 111 Å².